The molecule has 1 N–H and O–H groups in total. The number of carbonyl (C=O) groups excluding carboxylic acids is 1. The quantitative estimate of drug-likeness (QED) is 0.510. The summed E-state index contributed by atoms with van der Waals surface area (Å²) in [6, 6.07) is 0. The molecule has 0 rings (SSSR count). The van der Waals surface area contributed by atoms with Gasteiger partial charge in [0.2, 0.25) is 0 Å². The first-order valence-corrected chi connectivity index (χ1v) is 3.99. The van der Waals surface area contributed by atoms with Crippen LogP contribution in [0.3, 0.4) is 0 Å². The van der Waals surface area contributed by atoms with Crippen LogP contribution in [0.5, 0.6) is 0 Å². The molecule has 3 heteroatoms. The largest absolute Gasteiger partial charge is 0.464 e. The number of hydrogen-bond acceptors (Lipinski definition) is 3. The average molecular weight is 172 g/mol. The van der Waals surface area contributed by atoms with Gasteiger partial charge in [0.15, 0.2) is 5.60 Å². The van der Waals surface area contributed by atoms with Gasteiger partial charge in [-0.2, -0.15) is 0 Å². The maximum atomic E-state index is 11.1. The molecule has 0 amide bonds. The number of ether oxygens (including phenoxy) is 1. The zero-order chi connectivity index (χ0) is 9.78. The molecule has 0 aromatic carbocycles. The molecule has 0 aliphatic rings. The molecule has 0 spiro atoms. The molecule has 3 nitrogen and oxygen atoms in total. The third-order valence-electron chi connectivity index (χ3n) is 1.93. The molecule has 0 aromatic heterocycles. The first kappa shape index (κ1) is 11.2. The summed E-state index contributed by atoms with van der Waals surface area (Å²) in [4.78, 5) is 11.1. The van der Waals surface area contributed by atoms with Crippen LogP contribution in [0.4, 0.5) is 0 Å². The second-order valence-electron chi connectivity index (χ2n) is 2.89. The van der Waals surface area contributed by atoms with Crippen LogP contribution >= 0.6 is 0 Å². The van der Waals surface area contributed by atoms with Gasteiger partial charge in [-0.3, -0.25) is 0 Å². The molecule has 0 aliphatic carbocycles. The van der Waals surface area contributed by atoms with Crippen LogP contribution < -0.4 is 0 Å². The lowest BCUT2D eigenvalue weighted by Gasteiger charge is -2.25. The predicted molar refractivity (Wildman–Crippen MR) is 46.6 cm³/mol. The molecule has 0 saturated carbocycles. The number of rotatable bonds is 4. The lowest BCUT2D eigenvalue weighted by molar-refractivity contribution is -0.166. The summed E-state index contributed by atoms with van der Waals surface area (Å²) in [7, 11) is 0. The van der Waals surface area contributed by atoms with E-state index < -0.39 is 11.6 Å². The minimum atomic E-state index is -1.46. The number of aliphatic hydroxyl groups is 1. The summed E-state index contributed by atoms with van der Waals surface area (Å²) in [5, 5.41) is 9.64. The molecule has 0 aliphatic heterocycles. The number of esters is 1. The van der Waals surface area contributed by atoms with Crippen molar-refractivity contribution in [2.75, 3.05) is 6.61 Å². The highest BCUT2D eigenvalue weighted by Crippen LogP contribution is 2.19. The van der Waals surface area contributed by atoms with Gasteiger partial charge in [0.05, 0.1) is 6.61 Å². The van der Waals surface area contributed by atoms with Crippen molar-refractivity contribution >= 4 is 5.97 Å². The van der Waals surface area contributed by atoms with Gasteiger partial charge in [-0.25, -0.2) is 4.79 Å². The van der Waals surface area contributed by atoms with E-state index in [4.69, 9.17) is 4.74 Å². The normalized spacial score (nSPS) is 17.7. The summed E-state index contributed by atoms with van der Waals surface area (Å²) in [5.41, 5.74) is -1.46. The van der Waals surface area contributed by atoms with E-state index >= 15 is 0 Å². The molecule has 70 valence electrons. The molecule has 0 fully saturated rings. The zero-order valence-corrected chi connectivity index (χ0v) is 7.83. The van der Waals surface area contributed by atoms with Gasteiger partial charge in [-0.15, -0.1) is 6.58 Å². The Balaban J connectivity index is 4.37. The highest BCUT2D eigenvalue weighted by atomic mass is 16.5. The third kappa shape index (κ3) is 2.34. The average Bonchev–Trinajstić information content (AvgIpc) is 2.03. The van der Waals surface area contributed by atoms with Crippen molar-refractivity contribution in [1.29, 1.82) is 0 Å². The topological polar surface area (TPSA) is 46.5 Å². The van der Waals surface area contributed by atoms with Gasteiger partial charge < -0.3 is 9.84 Å². The molecular formula is C9H16O3. The van der Waals surface area contributed by atoms with Gasteiger partial charge in [-0.1, -0.05) is 13.0 Å². The molecule has 0 radical (unpaired) electrons. The van der Waals surface area contributed by atoms with Crippen LogP contribution in [-0.4, -0.2) is 23.3 Å². The molecule has 0 aromatic rings. The Morgan fingerprint density at radius 3 is 2.67 bits per heavy atom. The summed E-state index contributed by atoms with van der Waals surface area (Å²) in [5.74, 6) is -0.908. The maximum Gasteiger partial charge on any atom is 0.338 e. The van der Waals surface area contributed by atoms with E-state index in [0.717, 1.165) is 0 Å². The van der Waals surface area contributed by atoms with Crippen LogP contribution in [-0.2, 0) is 9.53 Å². The van der Waals surface area contributed by atoms with Crippen molar-refractivity contribution in [2.24, 2.45) is 5.92 Å². The van der Waals surface area contributed by atoms with Crippen molar-refractivity contribution in [3.8, 4) is 0 Å². The highest BCUT2D eigenvalue weighted by molar-refractivity contribution is 5.79. The minimum Gasteiger partial charge on any atom is -0.464 e. The van der Waals surface area contributed by atoms with E-state index in [1.165, 1.54) is 13.0 Å². The van der Waals surface area contributed by atoms with E-state index in [9.17, 15) is 9.90 Å². The summed E-state index contributed by atoms with van der Waals surface area (Å²) < 4.78 is 4.69. The molecule has 0 heterocycles. The smallest absolute Gasteiger partial charge is 0.338 e. The molecular weight excluding hydrogens is 156 g/mol. The highest BCUT2D eigenvalue weighted by Gasteiger charge is 2.36. The second-order valence-corrected chi connectivity index (χ2v) is 2.89. The standard InChI is InChI=1S/C9H16O3/c1-5-7(3)9(4,11)8(10)12-6-2/h5,7,11H,1,6H2,2-4H3/t7-,9+/m0/s1. The third-order valence-corrected chi connectivity index (χ3v) is 1.93. The van der Waals surface area contributed by atoms with Gasteiger partial charge in [0.1, 0.15) is 0 Å². The fourth-order valence-corrected chi connectivity index (χ4v) is 0.693. The fraction of sp³-hybridized carbons (Fsp3) is 0.667. The molecule has 0 bridgehead atoms. The van der Waals surface area contributed by atoms with Crippen molar-refractivity contribution in [3.05, 3.63) is 12.7 Å². The van der Waals surface area contributed by atoms with E-state index in [0.29, 0.717) is 0 Å². The van der Waals surface area contributed by atoms with E-state index in [1.54, 1.807) is 13.8 Å². The Morgan fingerprint density at radius 1 is 1.83 bits per heavy atom. The zero-order valence-electron chi connectivity index (χ0n) is 7.83. The van der Waals surface area contributed by atoms with Crippen LogP contribution in [0.25, 0.3) is 0 Å². The summed E-state index contributed by atoms with van der Waals surface area (Å²) >= 11 is 0. The van der Waals surface area contributed by atoms with Crippen LogP contribution in [0.2, 0.25) is 0 Å². The lowest BCUT2D eigenvalue weighted by Crippen LogP contribution is -2.42. The van der Waals surface area contributed by atoms with Crippen molar-refractivity contribution in [1.82, 2.24) is 0 Å². The first-order chi connectivity index (χ1) is 5.46. The first-order valence-electron chi connectivity index (χ1n) is 3.99. The Kier molecular flexibility index (Phi) is 3.96. The summed E-state index contributed by atoms with van der Waals surface area (Å²) in [6.45, 7) is 8.62. The number of hydrogen-bond donors (Lipinski definition) is 1. The van der Waals surface area contributed by atoms with Crippen molar-refractivity contribution < 1.29 is 14.6 Å². The maximum absolute atomic E-state index is 11.1. The fourth-order valence-electron chi connectivity index (χ4n) is 0.693. The van der Waals surface area contributed by atoms with Gasteiger partial charge in [0, 0.05) is 5.92 Å². The van der Waals surface area contributed by atoms with Gasteiger partial charge in [-0.05, 0) is 13.8 Å². The Bertz CT molecular complexity index is 173. The predicted octanol–water partition coefficient (Wildman–Crippen LogP) is 1.12. The van der Waals surface area contributed by atoms with Crippen LogP contribution in [0.15, 0.2) is 12.7 Å². The Labute approximate surface area is 73.0 Å². The Hall–Kier alpha value is -0.830. The molecule has 12 heavy (non-hydrogen) atoms. The van der Waals surface area contributed by atoms with Crippen LogP contribution in [0.1, 0.15) is 20.8 Å². The molecule has 0 unspecified atom stereocenters. The minimum absolute atomic E-state index is 0.277. The molecule has 0 saturated heterocycles. The lowest BCUT2D eigenvalue weighted by atomic mass is 9.91. The molecule has 2 atom stereocenters. The van der Waals surface area contributed by atoms with E-state index in [2.05, 4.69) is 6.58 Å². The Morgan fingerprint density at radius 2 is 2.33 bits per heavy atom. The SMILES string of the molecule is C=C[C@H](C)[C@@](C)(O)C(=O)OCC. The van der Waals surface area contributed by atoms with Crippen molar-refractivity contribution in [2.45, 2.75) is 26.4 Å². The van der Waals surface area contributed by atoms with E-state index in [1.807, 2.05) is 0 Å². The van der Waals surface area contributed by atoms with E-state index in [-0.39, 0.29) is 12.5 Å². The van der Waals surface area contributed by atoms with Crippen molar-refractivity contribution in [3.63, 3.8) is 0 Å². The van der Waals surface area contributed by atoms with Gasteiger partial charge >= 0.3 is 5.97 Å². The summed E-state index contributed by atoms with van der Waals surface area (Å²) in [6.07, 6.45) is 1.52. The monoisotopic (exact) mass is 172 g/mol. The second kappa shape index (κ2) is 4.26. The number of carbonyl (C=O) groups is 1. The van der Waals surface area contributed by atoms with Crippen LogP contribution in [0, 0.1) is 5.92 Å². The van der Waals surface area contributed by atoms with Gasteiger partial charge in [0.25, 0.3) is 0 Å².